The molecule has 0 amide bonds. The quantitative estimate of drug-likeness (QED) is 0.559. The predicted molar refractivity (Wildman–Crippen MR) is 94.1 cm³/mol. The van der Waals surface area contributed by atoms with E-state index in [1.807, 2.05) is 0 Å². The molecule has 0 spiro atoms. The third-order valence-corrected chi connectivity index (χ3v) is 5.08. The third-order valence-electron chi connectivity index (χ3n) is 3.40. The first-order valence-electron chi connectivity index (χ1n) is 7.72. The maximum atomic E-state index is 12.5. The van der Waals surface area contributed by atoms with E-state index in [9.17, 15) is 13.7 Å². The molecular weight excluding hydrogens is 322 g/mol. The average Bonchev–Trinajstić information content (AvgIpc) is 2.61. The van der Waals surface area contributed by atoms with Crippen molar-refractivity contribution in [2.75, 3.05) is 6.61 Å². The molecule has 0 aliphatic rings. The van der Waals surface area contributed by atoms with Gasteiger partial charge in [-0.3, -0.25) is 0 Å². The summed E-state index contributed by atoms with van der Waals surface area (Å²) < 4.78 is 30.6. The molecule has 2 aromatic carbocycles. The standard InChI is InChI=1S/C19H19NO3S/c1-2-3-13-23-17-11-9-16(10-12-17)14-19(15-20)24(21,22)18-7-5-4-6-8-18/h4-12,14H,2-3,13H2,1H3. The smallest absolute Gasteiger partial charge is 0.216 e. The van der Waals surface area contributed by atoms with Gasteiger partial charge in [-0.2, -0.15) is 5.26 Å². The van der Waals surface area contributed by atoms with Crippen molar-refractivity contribution in [1.29, 1.82) is 5.26 Å². The van der Waals surface area contributed by atoms with Crippen molar-refractivity contribution < 1.29 is 13.2 Å². The zero-order valence-corrected chi connectivity index (χ0v) is 14.3. The van der Waals surface area contributed by atoms with E-state index in [4.69, 9.17) is 4.74 Å². The molecule has 24 heavy (non-hydrogen) atoms. The lowest BCUT2D eigenvalue weighted by molar-refractivity contribution is 0.309. The highest BCUT2D eigenvalue weighted by Gasteiger charge is 2.20. The molecule has 0 fully saturated rings. The number of unbranched alkanes of at least 4 members (excludes halogenated alkanes) is 1. The summed E-state index contributed by atoms with van der Waals surface area (Å²) in [6.07, 6.45) is 3.41. The third kappa shape index (κ3) is 4.46. The Bertz CT molecular complexity index is 832. The van der Waals surface area contributed by atoms with Gasteiger partial charge in [-0.1, -0.05) is 43.7 Å². The highest BCUT2D eigenvalue weighted by molar-refractivity contribution is 7.95. The summed E-state index contributed by atoms with van der Waals surface area (Å²) >= 11 is 0. The van der Waals surface area contributed by atoms with Gasteiger partial charge in [-0.25, -0.2) is 8.42 Å². The lowest BCUT2D eigenvalue weighted by Gasteiger charge is -2.06. The Labute approximate surface area is 142 Å². The lowest BCUT2D eigenvalue weighted by atomic mass is 10.2. The van der Waals surface area contributed by atoms with Crippen molar-refractivity contribution in [3.8, 4) is 11.8 Å². The van der Waals surface area contributed by atoms with Gasteiger partial charge in [0.25, 0.3) is 0 Å². The number of ether oxygens (including phenoxy) is 1. The van der Waals surface area contributed by atoms with E-state index < -0.39 is 9.84 Å². The van der Waals surface area contributed by atoms with Crippen LogP contribution in [0.2, 0.25) is 0 Å². The fraction of sp³-hybridized carbons (Fsp3) is 0.211. The van der Waals surface area contributed by atoms with E-state index in [-0.39, 0.29) is 9.80 Å². The highest BCUT2D eigenvalue weighted by Crippen LogP contribution is 2.22. The van der Waals surface area contributed by atoms with Crippen molar-refractivity contribution in [3.63, 3.8) is 0 Å². The van der Waals surface area contributed by atoms with Crippen molar-refractivity contribution in [1.82, 2.24) is 0 Å². The Balaban J connectivity index is 2.23. The van der Waals surface area contributed by atoms with Gasteiger partial charge in [0.15, 0.2) is 0 Å². The minimum absolute atomic E-state index is 0.109. The van der Waals surface area contributed by atoms with Gasteiger partial charge >= 0.3 is 0 Å². The Kier molecular flexibility index (Phi) is 6.16. The number of hydrogen-bond donors (Lipinski definition) is 0. The number of rotatable bonds is 7. The zero-order valence-electron chi connectivity index (χ0n) is 13.5. The van der Waals surface area contributed by atoms with Crippen LogP contribution in [0.3, 0.4) is 0 Å². The summed E-state index contributed by atoms with van der Waals surface area (Å²) in [6.45, 7) is 2.74. The van der Waals surface area contributed by atoms with Crippen LogP contribution in [0.25, 0.3) is 6.08 Å². The van der Waals surface area contributed by atoms with Crippen LogP contribution in [0.5, 0.6) is 5.75 Å². The van der Waals surface area contributed by atoms with E-state index in [0.717, 1.165) is 18.6 Å². The van der Waals surface area contributed by atoms with Crippen LogP contribution in [-0.4, -0.2) is 15.0 Å². The summed E-state index contributed by atoms with van der Waals surface area (Å²) in [5, 5.41) is 9.26. The summed E-state index contributed by atoms with van der Waals surface area (Å²) in [6, 6.07) is 16.7. The van der Waals surface area contributed by atoms with Gasteiger partial charge in [-0.15, -0.1) is 0 Å². The lowest BCUT2D eigenvalue weighted by Crippen LogP contribution is -2.03. The first kappa shape index (κ1) is 17.8. The SMILES string of the molecule is CCCCOc1ccc(C=C(C#N)S(=O)(=O)c2ccccc2)cc1. The van der Waals surface area contributed by atoms with E-state index >= 15 is 0 Å². The first-order valence-corrected chi connectivity index (χ1v) is 9.21. The number of sulfone groups is 1. The number of allylic oxidation sites excluding steroid dienone is 1. The van der Waals surface area contributed by atoms with Crippen LogP contribution in [0, 0.1) is 11.3 Å². The monoisotopic (exact) mass is 341 g/mol. The van der Waals surface area contributed by atoms with Crippen molar-refractivity contribution in [2.24, 2.45) is 0 Å². The van der Waals surface area contributed by atoms with Gasteiger partial charge in [0.05, 0.1) is 11.5 Å². The molecule has 0 radical (unpaired) electrons. The second kappa shape index (κ2) is 8.32. The Morgan fingerprint density at radius 3 is 2.38 bits per heavy atom. The van der Waals surface area contributed by atoms with E-state index in [0.29, 0.717) is 12.2 Å². The number of hydrogen-bond acceptors (Lipinski definition) is 4. The van der Waals surface area contributed by atoms with Gasteiger partial charge < -0.3 is 4.74 Å². The second-order valence-electron chi connectivity index (χ2n) is 5.21. The highest BCUT2D eigenvalue weighted by atomic mass is 32.2. The molecule has 0 aliphatic carbocycles. The molecule has 0 heterocycles. The molecule has 2 aromatic rings. The first-order chi connectivity index (χ1) is 11.6. The van der Waals surface area contributed by atoms with E-state index in [1.54, 1.807) is 48.5 Å². The predicted octanol–water partition coefficient (Wildman–Crippen LogP) is 4.20. The minimum Gasteiger partial charge on any atom is -0.494 e. The molecule has 4 nitrogen and oxygen atoms in total. The number of benzene rings is 2. The van der Waals surface area contributed by atoms with E-state index in [2.05, 4.69) is 6.92 Å². The molecule has 2 rings (SSSR count). The fourth-order valence-corrected chi connectivity index (χ4v) is 3.22. The second-order valence-corrected chi connectivity index (χ2v) is 7.13. The van der Waals surface area contributed by atoms with Crippen LogP contribution in [0.15, 0.2) is 64.4 Å². The van der Waals surface area contributed by atoms with Gasteiger partial charge in [-0.05, 0) is 42.3 Å². The average molecular weight is 341 g/mol. The number of nitriles is 1. The molecule has 0 atom stereocenters. The van der Waals surface area contributed by atoms with Gasteiger partial charge in [0.1, 0.15) is 16.7 Å². The van der Waals surface area contributed by atoms with Crippen molar-refractivity contribution in [2.45, 2.75) is 24.7 Å². The van der Waals surface area contributed by atoms with Crippen LogP contribution >= 0.6 is 0 Å². The Morgan fingerprint density at radius 2 is 1.79 bits per heavy atom. The van der Waals surface area contributed by atoms with Crippen LogP contribution in [-0.2, 0) is 9.84 Å². The maximum absolute atomic E-state index is 12.5. The summed E-state index contributed by atoms with van der Waals surface area (Å²) in [7, 11) is -3.81. The van der Waals surface area contributed by atoms with Crippen LogP contribution in [0.4, 0.5) is 0 Å². The number of nitrogens with zero attached hydrogens (tertiary/aromatic N) is 1. The van der Waals surface area contributed by atoms with Crippen molar-refractivity contribution in [3.05, 3.63) is 65.1 Å². The molecule has 0 N–H and O–H groups in total. The summed E-state index contributed by atoms with van der Waals surface area (Å²) in [4.78, 5) is -0.175. The van der Waals surface area contributed by atoms with Crippen LogP contribution in [0.1, 0.15) is 25.3 Å². The zero-order chi connectivity index (χ0) is 17.4. The summed E-state index contributed by atoms with van der Waals surface area (Å²) in [5.74, 6) is 0.727. The topological polar surface area (TPSA) is 67.2 Å². The normalized spacial score (nSPS) is 11.8. The van der Waals surface area contributed by atoms with Gasteiger partial charge in [0, 0.05) is 0 Å². The Morgan fingerprint density at radius 1 is 1.12 bits per heavy atom. The molecule has 0 unspecified atom stereocenters. The molecule has 124 valence electrons. The largest absolute Gasteiger partial charge is 0.494 e. The molecule has 0 aromatic heterocycles. The van der Waals surface area contributed by atoms with Crippen molar-refractivity contribution >= 4 is 15.9 Å². The summed E-state index contributed by atoms with van der Waals surface area (Å²) in [5.41, 5.74) is 0.633. The molecule has 0 saturated carbocycles. The fourth-order valence-electron chi connectivity index (χ4n) is 2.04. The molecule has 5 heteroatoms. The van der Waals surface area contributed by atoms with Crippen LogP contribution < -0.4 is 4.74 Å². The van der Waals surface area contributed by atoms with Gasteiger partial charge in [0.2, 0.25) is 9.84 Å². The Hall–Kier alpha value is -2.58. The van der Waals surface area contributed by atoms with E-state index in [1.165, 1.54) is 18.2 Å². The molecule has 0 bridgehead atoms. The maximum Gasteiger partial charge on any atom is 0.216 e. The molecular formula is C19H19NO3S. The minimum atomic E-state index is -3.81. The molecule has 0 aliphatic heterocycles. The molecule has 0 saturated heterocycles.